The van der Waals surface area contributed by atoms with Crippen molar-refractivity contribution in [3.63, 3.8) is 0 Å². The summed E-state index contributed by atoms with van der Waals surface area (Å²) in [6, 6.07) is 5.18. The Balaban J connectivity index is 1.95. The molecular weight excluding hydrogens is 305 g/mol. The van der Waals surface area contributed by atoms with E-state index in [1.807, 2.05) is 6.07 Å². The summed E-state index contributed by atoms with van der Waals surface area (Å²) < 4.78 is 14.2. The molecule has 0 unspecified atom stereocenters. The van der Waals surface area contributed by atoms with Gasteiger partial charge in [0.25, 0.3) is 0 Å². The van der Waals surface area contributed by atoms with Crippen molar-refractivity contribution in [2.75, 3.05) is 13.1 Å². The highest BCUT2D eigenvalue weighted by Crippen LogP contribution is 2.38. The number of piperidine rings is 1. The highest BCUT2D eigenvalue weighted by molar-refractivity contribution is 9.10. The molecule has 19 heavy (non-hydrogen) atoms. The largest absolute Gasteiger partial charge is 0.299 e. The Labute approximate surface area is 124 Å². The van der Waals surface area contributed by atoms with E-state index in [2.05, 4.69) is 34.7 Å². The Hall–Kier alpha value is -0.410. The van der Waals surface area contributed by atoms with Crippen molar-refractivity contribution in [2.45, 2.75) is 46.1 Å². The number of likely N-dealkylation sites (tertiary alicyclic amines) is 1. The average Bonchev–Trinajstić information content (AvgIpc) is 2.39. The molecule has 1 aliphatic rings. The molecule has 106 valence electrons. The van der Waals surface area contributed by atoms with E-state index < -0.39 is 0 Å². The summed E-state index contributed by atoms with van der Waals surface area (Å²) >= 11 is 3.36. The zero-order valence-corrected chi connectivity index (χ0v) is 13.5. The van der Waals surface area contributed by atoms with E-state index in [-0.39, 0.29) is 5.82 Å². The third-order valence-electron chi connectivity index (χ3n) is 4.75. The quantitative estimate of drug-likeness (QED) is 0.752. The van der Waals surface area contributed by atoms with E-state index in [0.717, 1.165) is 29.7 Å². The van der Waals surface area contributed by atoms with Crippen molar-refractivity contribution < 1.29 is 4.39 Å². The summed E-state index contributed by atoms with van der Waals surface area (Å²) in [5.74, 6) is -0.155. The molecular formula is C16H23BrFN. The van der Waals surface area contributed by atoms with Crippen LogP contribution in [0.1, 0.15) is 45.1 Å². The second-order valence-corrected chi connectivity index (χ2v) is 6.68. The summed E-state index contributed by atoms with van der Waals surface area (Å²) in [7, 11) is 0. The van der Waals surface area contributed by atoms with Gasteiger partial charge in [0, 0.05) is 11.0 Å². The first-order valence-electron chi connectivity index (χ1n) is 7.24. The van der Waals surface area contributed by atoms with Gasteiger partial charge in [0.2, 0.25) is 0 Å². The van der Waals surface area contributed by atoms with E-state index >= 15 is 0 Å². The van der Waals surface area contributed by atoms with Gasteiger partial charge in [-0.15, -0.1) is 0 Å². The molecule has 0 radical (unpaired) electrons. The van der Waals surface area contributed by atoms with Crippen LogP contribution in [0.15, 0.2) is 22.7 Å². The van der Waals surface area contributed by atoms with Crippen LogP contribution in [0.3, 0.4) is 0 Å². The molecule has 0 N–H and O–H groups in total. The topological polar surface area (TPSA) is 3.24 Å². The van der Waals surface area contributed by atoms with Crippen molar-refractivity contribution >= 4 is 15.9 Å². The van der Waals surface area contributed by atoms with Crippen LogP contribution in [0, 0.1) is 11.2 Å². The molecule has 1 aromatic rings. The SMILES string of the molecule is CCC1(CC)CCN(Cc2cc(F)cc(Br)c2)CC1. The van der Waals surface area contributed by atoms with Crippen LogP contribution in [-0.2, 0) is 6.54 Å². The highest BCUT2D eigenvalue weighted by Gasteiger charge is 2.30. The molecule has 1 saturated heterocycles. The number of halogens is 2. The molecule has 2 rings (SSSR count). The van der Waals surface area contributed by atoms with Crippen LogP contribution in [0.5, 0.6) is 0 Å². The minimum atomic E-state index is -0.155. The predicted octanol–water partition coefficient (Wildman–Crippen LogP) is 4.99. The fourth-order valence-electron chi connectivity index (χ4n) is 3.10. The van der Waals surface area contributed by atoms with Crippen LogP contribution in [0.25, 0.3) is 0 Å². The van der Waals surface area contributed by atoms with E-state index in [4.69, 9.17) is 0 Å². The Morgan fingerprint density at radius 1 is 1.16 bits per heavy atom. The third-order valence-corrected chi connectivity index (χ3v) is 5.20. The minimum Gasteiger partial charge on any atom is -0.299 e. The molecule has 1 fully saturated rings. The number of hydrogen-bond donors (Lipinski definition) is 0. The van der Waals surface area contributed by atoms with Crippen LogP contribution >= 0.6 is 15.9 Å². The summed E-state index contributed by atoms with van der Waals surface area (Å²) in [5, 5.41) is 0. The second-order valence-electron chi connectivity index (χ2n) is 5.76. The van der Waals surface area contributed by atoms with Crippen LogP contribution in [-0.4, -0.2) is 18.0 Å². The van der Waals surface area contributed by atoms with Crippen molar-refractivity contribution in [1.29, 1.82) is 0 Å². The zero-order valence-electron chi connectivity index (χ0n) is 11.9. The minimum absolute atomic E-state index is 0.155. The monoisotopic (exact) mass is 327 g/mol. The molecule has 0 spiro atoms. The lowest BCUT2D eigenvalue weighted by Gasteiger charge is -2.41. The first kappa shape index (κ1) is 15.0. The normalized spacial score (nSPS) is 19.6. The predicted molar refractivity (Wildman–Crippen MR) is 81.6 cm³/mol. The summed E-state index contributed by atoms with van der Waals surface area (Å²) in [4.78, 5) is 2.45. The van der Waals surface area contributed by atoms with Gasteiger partial charge >= 0.3 is 0 Å². The van der Waals surface area contributed by atoms with E-state index in [0.29, 0.717) is 5.41 Å². The molecule has 3 heteroatoms. The number of hydrogen-bond acceptors (Lipinski definition) is 1. The highest BCUT2D eigenvalue weighted by atomic mass is 79.9. The first-order valence-corrected chi connectivity index (χ1v) is 8.03. The number of benzene rings is 1. The molecule has 1 nitrogen and oxygen atoms in total. The maximum absolute atomic E-state index is 13.4. The molecule has 1 aliphatic heterocycles. The van der Waals surface area contributed by atoms with Crippen molar-refractivity contribution in [1.82, 2.24) is 4.90 Å². The van der Waals surface area contributed by atoms with Crippen molar-refractivity contribution in [3.05, 3.63) is 34.1 Å². The number of nitrogens with zero attached hydrogens (tertiary/aromatic N) is 1. The van der Waals surface area contributed by atoms with E-state index in [1.54, 1.807) is 6.07 Å². The fourth-order valence-corrected chi connectivity index (χ4v) is 3.62. The molecule has 0 atom stereocenters. The van der Waals surface area contributed by atoms with Gasteiger partial charge in [0.1, 0.15) is 5.82 Å². The molecule has 0 amide bonds. The van der Waals surface area contributed by atoms with Gasteiger partial charge in [-0.2, -0.15) is 0 Å². The molecule has 0 aliphatic carbocycles. The van der Waals surface area contributed by atoms with Crippen molar-refractivity contribution in [2.24, 2.45) is 5.41 Å². The van der Waals surface area contributed by atoms with Crippen molar-refractivity contribution in [3.8, 4) is 0 Å². The Morgan fingerprint density at radius 2 is 1.79 bits per heavy atom. The maximum atomic E-state index is 13.4. The summed E-state index contributed by atoms with van der Waals surface area (Å²) in [6.45, 7) is 7.75. The lowest BCUT2D eigenvalue weighted by molar-refractivity contribution is 0.0908. The van der Waals surface area contributed by atoms with Crippen LogP contribution < -0.4 is 0 Å². The zero-order chi connectivity index (χ0) is 13.9. The second kappa shape index (κ2) is 6.36. The summed E-state index contributed by atoms with van der Waals surface area (Å²) in [5.41, 5.74) is 1.62. The smallest absolute Gasteiger partial charge is 0.124 e. The lowest BCUT2D eigenvalue weighted by Crippen LogP contribution is -2.39. The average molecular weight is 328 g/mol. The van der Waals surface area contributed by atoms with Gasteiger partial charge in [0.15, 0.2) is 0 Å². The van der Waals surface area contributed by atoms with E-state index in [9.17, 15) is 4.39 Å². The molecule has 1 heterocycles. The number of rotatable bonds is 4. The van der Waals surface area contributed by atoms with Gasteiger partial charge in [-0.1, -0.05) is 42.6 Å². The Morgan fingerprint density at radius 3 is 2.32 bits per heavy atom. The lowest BCUT2D eigenvalue weighted by atomic mass is 9.74. The Kier molecular flexibility index (Phi) is 5.02. The van der Waals surface area contributed by atoms with E-state index in [1.165, 1.54) is 31.7 Å². The molecule has 0 saturated carbocycles. The van der Waals surface area contributed by atoms with Gasteiger partial charge in [0.05, 0.1) is 0 Å². The van der Waals surface area contributed by atoms with Gasteiger partial charge < -0.3 is 0 Å². The third kappa shape index (κ3) is 3.79. The fraction of sp³-hybridized carbons (Fsp3) is 0.625. The maximum Gasteiger partial charge on any atom is 0.124 e. The standard InChI is InChI=1S/C16H23BrFN/c1-3-16(4-2)5-7-19(8-6-16)12-13-9-14(17)11-15(18)10-13/h9-11H,3-8,12H2,1-2H3. The van der Waals surface area contributed by atoms with Crippen LogP contribution in [0.4, 0.5) is 4.39 Å². The molecule has 0 aromatic heterocycles. The van der Waals surface area contributed by atoms with Gasteiger partial charge in [-0.05, 0) is 55.1 Å². The first-order chi connectivity index (χ1) is 9.07. The van der Waals surface area contributed by atoms with Gasteiger partial charge in [-0.25, -0.2) is 4.39 Å². The van der Waals surface area contributed by atoms with Crippen LogP contribution in [0.2, 0.25) is 0 Å². The van der Waals surface area contributed by atoms with Gasteiger partial charge in [-0.3, -0.25) is 4.90 Å². The summed E-state index contributed by atoms with van der Waals surface area (Å²) in [6.07, 6.45) is 5.11. The Bertz CT molecular complexity index is 399. The molecule has 1 aromatic carbocycles. The molecule has 0 bridgehead atoms.